The van der Waals surface area contributed by atoms with E-state index in [0.29, 0.717) is 0 Å². The number of hydrogen-bond donors (Lipinski definition) is 0. The predicted molar refractivity (Wildman–Crippen MR) is 89.6 cm³/mol. The molecular formula is C18H24OSi. The van der Waals surface area contributed by atoms with Gasteiger partial charge < -0.3 is 4.74 Å². The molecule has 0 spiro atoms. The van der Waals surface area contributed by atoms with E-state index in [1.807, 2.05) is 0 Å². The van der Waals surface area contributed by atoms with Crippen LogP contribution in [-0.4, -0.2) is 16.5 Å². The van der Waals surface area contributed by atoms with E-state index >= 15 is 0 Å². The second kappa shape index (κ2) is 6.38. The van der Waals surface area contributed by atoms with Gasteiger partial charge in [0.15, 0.2) is 0 Å². The summed E-state index contributed by atoms with van der Waals surface area (Å²) in [6.07, 6.45) is 0.918. The summed E-state index contributed by atoms with van der Waals surface area (Å²) < 4.78 is 6.20. The molecule has 0 N–H and O–H groups in total. The lowest BCUT2D eigenvalue weighted by Gasteiger charge is -2.25. The van der Waals surface area contributed by atoms with Gasteiger partial charge in [-0.1, -0.05) is 36.4 Å². The summed E-state index contributed by atoms with van der Waals surface area (Å²) in [4.78, 5) is 0. The van der Waals surface area contributed by atoms with E-state index in [4.69, 9.17) is 4.74 Å². The van der Waals surface area contributed by atoms with Crippen LogP contribution in [0.1, 0.15) is 39.5 Å². The van der Waals surface area contributed by atoms with Crippen LogP contribution in [0.4, 0.5) is 0 Å². The Kier molecular flexibility index (Phi) is 4.79. The standard InChI is InChI=1S/C18H24OSi/c1-12-7-5-8-13(2)16(12)18(19-11-20)17-14(3)9-6-10-15(17)4/h5-10,18H,11H2,1-4,20H3. The van der Waals surface area contributed by atoms with Gasteiger partial charge in [-0.05, 0) is 61.1 Å². The minimum absolute atomic E-state index is 0.0647. The van der Waals surface area contributed by atoms with Crippen molar-refractivity contribution in [2.75, 3.05) is 6.23 Å². The van der Waals surface area contributed by atoms with Crippen LogP contribution in [0.25, 0.3) is 0 Å². The quantitative estimate of drug-likeness (QED) is 0.782. The van der Waals surface area contributed by atoms with Crippen LogP contribution in [-0.2, 0) is 4.74 Å². The lowest BCUT2D eigenvalue weighted by Crippen LogP contribution is -2.13. The Balaban J connectivity index is 2.63. The fraction of sp³-hybridized carbons (Fsp3) is 0.333. The van der Waals surface area contributed by atoms with Gasteiger partial charge in [0.1, 0.15) is 6.10 Å². The molecule has 2 aromatic rings. The molecule has 2 aromatic carbocycles. The third-order valence-electron chi connectivity index (χ3n) is 3.94. The number of aryl methyl sites for hydroxylation is 4. The molecule has 0 aliphatic carbocycles. The molecule has 0 atom stereocenters. The van der Waals surface area contributed by atoms with Gasteiger partial charge >= 0.3 is 0 Å². The van der Waals surface area contributed by atoms with E-state index < -0.39 is 0 Å². The summed E-state index contributed by atoms with van der Waals surface area (Å²) >= 11 is 0. The van der Waals surface area contributed by atoms with Gasteiger partial charge in [-0.15, -0.1) is 0 Å². The Bertz CT molecular complexity index is 512. The maximum Gasteiger partial charge on any atom is 0.108 e. The fourth-order valence-electron chi connectivity index (χ4n) is 2.96. The van der Waals surface area contributed by atoms with Crippen LogP contribution < -0.4 is 0 Å². The van der Waals surface area contributed by atoms with Crippen molar-refractivity contribution in [3.05, 3.63) is 69.8 Å². The summed E-state index contributed by atoms with van der Waals surface area (Å²) in [6, 6.07) is 13.0. The Labute approximate surface area is 125 Å². The van der Waals surface area contributed by atoms with E-state index in [-0.39, 0.29) is 6.10 Å². The zero-order valence-electron chi connectivity index (χ0n) is 13.2. The summed E-state index contributed by atoms with van der Waals surface area (Å²) in [5.41, 5.74) is 7.92. The topological polar surface area (TPSA) is 9.23 Å². The Morgan fingerprint density at radius 2 is 1.15 bits per heavy atom. The predicted octanol–water partition coefficient (Wildman–Crippen LogP) is 3.35. The molecule has 0 aliphatic rings. The maximum atomic E-state index is 6.20. The molecule has 20 heavy (non-hydrogen) atoms. The number of benzene rings is 2. The van der Waals surface area contributed by atoms with Crippen LogP contribution in [0.15, 0.2) is 36.4 Å². The van der Waals surface area contributed by atoms with Gasteiger partial charge in [0.05, 0.1) is 0 Å². The maximum absolute atomic E-state index is 6.20. The number of ether oxygens (including phenoxy) is 1. The molecule has 2 heteroatoms. The second-order valence-corrected chi connectivity index (χ2v) is 6.02. The monoisotopic (exact) mass is 284 g/mol. The number of rotatable bonds is 4. The first kappa shape index (κ1) is 15.0. The molecule has 0 fully saturated rings. The van der Waals surface area contributed by atoms with E-state index in [0.717, 1.165) is 16.5 Å². The van der Waals surface area contributed by atoms with Gasteiger partial charge in [0, 0.05) is 16.5 Å². The molecule has 0 amide bonds. The van der Waals surface area contributed by atoms with Crippen molar-refractivity contribution >= 4 is 10.2 Å². The largest absolute Gasteiger partial charge is 0.373 e. The van der Waals surface area contributed by atoms with E-state index in [1.54, 1.807) is 0 Å². The van der Waals surface area contributed by atoms with Crippen LogP contribution in [0, 0.1) is 27.7 Å². The first-order valence-corrected chi connectivity index (χ1v) is 8.71. The molecule has 0 aliphatic heterocycles. The van der Waals surface area contributed by atoms with E-state index in [1.165, 1.54) is 33.4 Å². The Morgan fingerprint density at radius 1 is 0.800 bits per heavy atom. The molecule has 0 heterocycles. The minimum atomic E-state index is 0.0647. The molecule has 0 saturated heterocycles. The molecule has 1 nitrogen and oxygen atoms in total. The van der Waals surface area contributed by atoms with Gasteiger partial charge in [-0.2, -0.15) is 0 Å². The van der Waals surface area contributed by atoms with E-state index in [2.05, 4.69) is 64.1 Å². The highest BCUT2D eigenvalue weighted by Crippen LogP contribution is 2.34. The van der Waals surface area contributed by atoms with Crippen molar-refractivity contribution in [3.8, 4) is 0 Å². The zero-order valence-corrected chi connectivity index (χ0v) is 15.2. The SMILES string of the molecule is Cc1cccc(C)c1C(OC[SiH3])c1c(C)cccc1C. The van der Waals surface area contributed by atoms with Crippen LogP contribution >= 0.6 is 0 Å². The van der Waals surface area contributed by atoms with Crippen LogP contribution in [0.2, 0.25) is 0 Å². The molecule has 0 radical (unpaired) electrons. The first-order chi connectivity index (χ1) is 9.56. The average Bonchev–Trinajstić information content (AvgIpc) is 2.38. The summed E-state index contributed by atoms with van der Waals surface area (Å²) in [5, 5.41) is 0. The van der Waals surface area contributed by atoms with Gasteiger partial charge in [-0.25, -0.2) is 0 Å². The molecule has 0 bridgehead atoms. The Hall–Kier alpha value is -1.38. The highest BCUT2D eigenvalue weighted by Gasteiger charge is 2.21. The summed E-state index contributed by atoms with van der Waals surface area (Å²) in [6.45, 7) is 8.72. The van der Waals surface area contributed by atoms with Crippen molar-refractivity contribution in [2.45, 2.75) is 33.8 Å². The Morgan fingerprint density at radius 3 is 1.45 bits per heavy atom. The highest BCUT2D eigenvalue weighted by molar-refractivity contribution is 6.08. The van der Waals surface area contributed by atoms with Gasteiger partial charge in [0.25, 0.3) is 0 Å². The zero-order chi connectivity index (χ0) is 14.7. The molecule has 0 saturated carbocycles. The third kappa shape index (κ3) is 2.86. The van der Waals surface area contributed by atoms with Gasteiger partial charge in [-0.3, -0.25) is 0 Å². The molecule has 0 aromatic heterocycles. The van der Waals surface area contributed by atoms with Crippen molar-refractivity contribution in [1.29, 1.82) is 0 Å². The minimum Gasteiger partial charge on any atom is -0.373 e. The van der Waals surface area contributed by atoms with E-state index in [9.17, 15) is 0 Å². The average molecular weight is 284 g/mol. The first-order valence-electron chi connectivity index (χ1n) is 7.30. The van der Waals surface area contributed by atoms with Crippen LogP contribution in [0.3, 0.4) is 0 Å². The van der Waals surface area contributed by atoms with Crippen LogP contribution in [0.5, 0.6) is 0 Å². The van der Waals surface area contributed by atoms with Crippen molar-refractivity contribution in [2.24, 2.45) is 0 Å². The third-order valence-corrected chi connectivity index (χ3v) is 4.28. The molecular weight excluding hydrogens is 260 g/mol. The van der Waals surface area contributed by atoms with Crippen molar-refractivity contribution in [1.82, 2.24) is 0 Å². The summed E-state index contributed by atoms with van der Waals surface area (Å²) in [7, 11) is 1.06. The molecule has 106 valence electrons. The lowest BCUT2D eigenvalue weighted by molar-refractivity contribution is 0.117. The fourth-order valence-corrected chi connectivity index (χ4v) is 3.29. The smallest absolute Gasteiger partial charge is 0.108 e. The number of hydrogen-bond acceptors (Lipinski definition) is 1. The normalized spacial score (nSPS) is 11.2. The molecule has 2 rings (SSSR count). The van der Waals surface area contributed by atoms with Gasteiger partial charge in [0.2, 0.25) is 0 Å². The lowest BCUT2D eigenvalue weighted by atomic mass is 9.89. The summed E-state index contributed by atoms with van der Waals surface area (Å²) in [5.74, 6) is 0. The second-order valence-electron chi connectivity index (χ2n) is 5.45. The van der Waals surface area contributed by atoms with Crippen molar-refractivity contribution < 1.29 is 4.74 Å². The van der Waals surface area contributed by atoms with Crippen molar-refractivity contribution in [3.63, 3.8) is 0 Å². The highest BCUT2D eigenvalue weighted by atomic mass is 28.1. The molecule has 0 unspecified atom stereocenters.